The number of nitrogens with one attached hydrogen (secondary N) is 2. The molecular formula is C19H32N3O3S+. The maximum atomic E-state index is 12.5. The van der Waals surface area contributed by atoms with Gasteiger partial charge in [0.25, 0.3) is 5.91 Å². The fraction of sp³-hybridized carbons (Fsp3) is 0.632. The summed E-state index contributed by atoms with van der Waals surface area (Å²) >= 11 is 0. The minimum Gasteiger partial charge on any atom is -0.327 e. The molecule has 7 heteroatoms. The first-order chi connectivity index (χ1) is 12.5. The molecule has 1 heterocycles. The fourth-order valence-electron chi connectivity index (χ4n) is 3.44. The number of quaternary nitrogens is 1. The highest BCUT2D eigenvalue weighted by Crippen LogP contribution is 2.18. The highest BCUT2D eigenvalue weighted by Gasteiger charge is 2.21. The quantitative estimate of drug-likeness (QED) is 0.751. The Kier molecular flexibility index (Phi) is 8.06. The van der Waals surface area contributed by atoms with E-state index in [0.717, 1.165) is 13.1 Å². The van der Waals surface area contributed by atoms with Gasteiger partial charge < -0.3 is 10.2 Å². The highest BCUT2D eigenvalue weighted by atomic mass is 32.2. The molecule has 1 aromatic rings. The molecule has 1 fully saturated rings. The maximum Gasteiger partial charge on any atom is 0.279 e. The third-order valence-electron chi connectivity index (χ3n) is 4.95. The van der Waals surface area contributed by atoms with Gasteiger partial charge in [0.15, 0.2) is 6.54 Å². The van der Waals surface area contributed by atoms with Crippen LogP contribution in [-0.2, 0) is 14.8 Å². The second-order valence-electron chi connectivity index (χ2n) is 6.86. The van der Waals surface area contributed by atoms with Gasteiger partial charge in [-0.05, 0) is 49.9 Å². The smallest absolute Gasteiger partial charge is 0.279 e. The zero-order valence-corrected chi connectivity index (χ0v) is 16.8. The number of carbonyl (C=O) groups is 1. The van der Waals surface area contributed by atoms with Crippen LogP contribution in [0, 0.1) is 0 Å². The molecule has 6 nitrogen and oxygen atoms in total. The monoisotopic (exact) mass is 382 g/mol. The molecule has 2 rings (SSSR count). The molecule has 26 heavy (non-hydrogen) atoms. The number of benzene rings is 1. The summed E-state index contributed by atoms with van der Waals surface area (Å²) in [5, 5.41) is 2.89. The maximum absolute atomic E-state index is 12.5. The molecule has 0 saturated carbocycles. The lowest BCUT2D eigenvalue weighted by atomic mass is 10.1. The number of rotatable bonds is 7. The van der Waals surface area contributed by atoms with Crippen LogP contribution in [0.15, 0.2) is 29.2 Å². The van der Waals surface area contributed by atoms with Crippen LogP contribution in [0.4, 0.5) is 5.69 Å². The molecule has 0 aliphatic carbocycles. The molecule has 1 aliphatic rings. The van der Waals surface area contributed by atoms with Crippen molar-refractivity contribution >= 4 is 21.6 Å². The van der Waals surface area contributed by atoms with Crippen LogP contribution in [0.3, 0.4) is 0 Å². The third-order valence-corrected chi connectivity index (χ3v) is 7.02. The molecule has 0 bridgehead atoms. The Balaban J connectivity index is 1.94. The van der Waals surface area contributed by atoms with Crippen molar-refractivity contribution in [1.82, 2.24) is 4.31 Å². The van der Waals surface area contributed by atoms with Crippen molar-refractivity contribution < 1.29 is 18.1 Å². The van der Waals surface area contributed by atoms with E-state index < -0.39 is 10.0 Å². The standard InChI is InChI=1S/C19H31N3O3S/c1-3-22(4-2)26(24,25)18-12-10-17(11-13-18)20-19(23)16-21-14-8-6-5-7-9-15-21/h10-13H,3-9,14-16H2,1-2H3,(H,20,23)/p+1. The zero-order valence-electron chi connectivity index (χ0n) is 16.0. The van der Waals surface area contributed by atoms with Gasteiger partial charge in [-0.3, -0.25) is 4.79 Å². The van der Waals surface area contributed by atoms with Gasteiger partial charge in [-0.2, -0.15) is 4.31 Å². The zero-order chi connectivity index (χ0) is 19.0. The van der Waals surface area contributed by atoms with Crippen LogP contribution < -0.4 is 10.2 Å². The molecule has 1 amide bonds. The lowest BCUT2D eigenvalue weighted by Gasteiger charge is -2.21. The van der Waals surface area contributed by atoms with Gasteiger partial charge in [0.1, 0.15) is 0 Å². The molecule has 0 atom stereocenters. The summed E-state index contributed by atoms with van der Waals surface area (Å²) in [6.07, 6.45) is 6.18. The lowest BCUT2D eigenvalue weighted by molar-refractivity contribution is -0.892. The molecular weight excluding hydrogens is 350 g/mol. The first-order valence-electron chi connectivity index (χ1n) is 9.71. The van der Waals surface area contributed by atoms with E-state index in [9.17, 15) is 13.2 Å². The highest BCUT2D eigenvalue weighted by molar-refractivity contribution is 7.89. The average molecular weight is 383 g/mol. The van der Waals surface area contributed by atoms with Gasteiger partial charge in [0.05, 0.1) is 18.0 Å². The van der Waals surface area contributed by atoms with Crippen molar-refractivity contribution in [3.8, 4) is 0 Å². The van der Waals surface area contributed by atoms with E-state index >= 15 is 0 Å². The second kappa shape index (κ2) is 10.0. The fourth-order valence-corrected chi connectivity index (χ4v) is 4.90. The van der Waals surface area contributed by atoms with Gasteiger partial charge >= 0.3 is 0 Å². The van der Waals surface area contributed by atoms with Crippen LogP contribution in [-0.4, -0.2) is 51.4 Å². The Bertz CT molecular complexity index is 662. The number of amides is 1. The van der Waals surface area contributed by atoms with E-state index in [4.69, 9.17) is 0 Å². The summed E-state index contributed by atoms with van der Waals surface area (Å²) in [5.74, 6) is -0.0140. The summed E-state index contributed by atoms with van der Waals surface area (Å²) in [5.41, 5.74) is 0.639. The molecule has 0 unspecified atom stereocenters. The minimum absolute atomic E-state index is 0.0140. The van der Waals surface area contributed by atoms with Crippen molar-refractivity contribution in [2.75, 3.05) is 38.0 Å². The summed E-state index contributed by atoms with van der Waals surface area (Å²) in [6.45, 7) is 7.10. The predicted octanol–water partition coefficient (Wildman–Crippen LogP) is 1.50. The Morgan fingerprint density at radius 2 is 1.54 bits per heavy atom. The third kappa shape index (κ3) is 5.79. The first-order valence-corrected chi connectivity index (χ1v) is 11.1. The van der Waals surface area contributed by atoms with Gasteiger partial charge in [0.2, 0.25) is 10.0 Å². The summed E-state index contributed by atoms with van der Waals surface area (Å²) in [4.78, 5) is 13.9. The predicted molar refractivity (Wildman–Crippen MR) is 104 cm³/mol. The first kappa shape index (κ1) is 20.9. The summed E-state index contributed by atoms with van der Waals surface area (Å²) < 4.78 is 26.4. The number of sulfonamides is 1. The van der Waals surface area contributed by atoms with E-state index in [2.05, 4.69) is 5.32 Å². The van der Waals surface area contributed by atoms with Crippen LogP contribution in [0.5, 0.6) is 0 Å². The van der Waals surface area contributed by atoms with Gasteiger partial charge in [-0.25, -0.2) is 8.42 Å². The summed E-state index contributed by atoms with van der Waals surface area (Å²) in [6, 6.07) is 6.45. The van der Waals surface area contributed by atoms with Crippen molar-refractivity contribution in [3.05, 3.63) is 24.3 Å². The molecule has 146 valence electrons. The van der Waals surface area contributed by atoms with Gasteiger partial charge in [-0.15, -0.1) is 0 Å². The Labute approximate surface area is 157 Å². The van der Waals surface area contributed by atoms with E-state index in [1.54, 1.807) is 24.3 Å². The van der Waals surface area contributed by atoms with E-state index in [1.807, 2.05) is 13.8 Å². The second-order valence-corrected chi connectivity index (χ2v) is 8.79. The Hall–Kier alpha value is -1.44. The Morgan fingerprint density at radius 1 is 1.00 bits per heavy atom. The molecule has 0 radical (unpaired) electrons. The number of carbonyl (C=O) groups excluding carboxylic acids is 1. The number of anilines is 1. The minimum atomic E-state index is -3.46. The Morgan fingerprint density at radius 3 is 2.08 bits per heavy atom. The largest absolute Gasteiger partial charge is 0.327 e. The van der Waals surface area contributed by atoms with E-state index in [0.29, 0.717) is 25.3 Å². The molecule has 0 spiro atoms. The topological polar surface area (TPSA) is 70.9 Å². The number of hydrogen-bond acceptors (Lipinski definition) is 3. The summed E-state index contributed by atoms with van der Waals surface area (Å²) in [7, 11) is -3.46. The van der Waals surface area contributed by atoms with Crippen LogP contribution in [0.1, 0.15) is 46.0 Å². The van der Waals surface area contributed by atoms with Crippen LogP contribution in [0.2, 0.25) is 0 Å². The van der Waals surface area contributed by atoms with Crippen LogP contribution >= 0.6 is 0 Å². The van der Waals surface area contributed by atoms with Gasteiger partial charge in [-0.1, -0.05) is 20.3 Å². The van der Waals surface area contributed by atoms with Crippen molar-refractivity contribution in [1.29, 1.82) is 0 Å². The van der Waals surface area contributed by atoms with Crippen molar-refractivity contribution in [2.24, 2.45) is 0 Å². The normalized spacial score (nSPS) is 16.9. The molecule has 1 aromatic carbocycles. The SMILES string of the molecule is CCN(CC)S(=O)(=O)c1ccc(NC(=O)C[NH+]2CCCCCCC2)cc1. The molecule has 2 N–H and O–H groups in total. The van der Waals surface area contributed by atoms with E-state index in [-0.39, 0.29) is 10.8 Å². The lowest BCUT2D eigenvalue weighted by Crippen LogP contribution is -3.13. The molecule has 1 aliphatic heterocycles. The molecule has 1 saturated heterocycles. The van der Waals surface area contributed by atoms with E-state index in [1.165, 1.54) is 41.3 Å². The number of hydrogen-bond donors (Lipinski definition) is 2. The van der Waals surface area contributed by atoms with Crippen molar-refractivity contribution in [3.63, 3.8) is 0 Å². The van der Waals surface area contributed by atoms with Gasteiger partial charge in [0, 0.05) is 18.8 Å². The van der Waals surface area contributed by atoms with Crippen molar-refractivity contribution in [2.45, 2.75) is 50.8 Å². The number of nitrogens with zero attached hydrogens (tertiary/aromatic N) is 1. The van der Waals surface area contributed by atoms with Crippen LogP contribution in [0.25, 0.3) is 0 Å². The number of likely N-dealkylation sites (tertiary alicyclic amines) is 1. The average Bonchev–Trinajstić information content (AvgIpc) is 2.58. The molecule has 0 aromatic heterocycles.